The summed E-state index contributed by atoms with van der Waals surface area (Å²) in [4.78, 5) is 11.6. The third kappa shape index (κ3) is 6.06. The van der Waals surface area contributed by atoms with Crippen LogP contribution < -0.4 is 15.4 Å². The average Bonchev–Trinajstić information content (AvgIpc) is 2.32. The van der Waals surface area contributed by atoms with Crippen molar-refractivity contribution in [2.75, 3.05) is 25.9 Å². The van der Waals surface area contributed by atoms with Crippen LogP contribution in [-0.4, -0.2) is 52.4 Å². The van der Waals surface area contributed by atoms with E-state index in [2.05, 4.69) is 15.4 Å². The number of piperidine rings is 1. The summed E-state index contributed by atoms with van der Waals surface area (Å²) in [5.41, 5.74) is 0. The third-order valence-electron chi connectivity index (χ3n) is 2.98. The molecule has 0 spiro atoms. The second-order valence-electron chi connectivity index (χ2n) is 4.73. The van der Waals surface area contributed by atoms with Gasteiger partial charge in [-0.25, -0.2) is 13.1 Å². The Bertz CT molecular complexity index is 431. The Labute approximate surface area is 115 Å². The van der Waals surface area contributed by atoms with Gasteiger partial charge in [0.25, 0.3) is 0 Å². The van der Waals surface area contributed by atoms with Crippen molar-refractivity contribution in [2.45, 2.75) is 25.1 Å². The summed E-state index contributed by atoms with van der Waals surface area (Å²) < 4.78 is 61.0. The van der Waals surface area contributed by atoms with E-state index in [1.54, 1.807) is 0 Å². The van der Waals surface area contributed by atoms with Crippen LogP contribution in [0.25, 0.3) is 0 Å². The first-order valence-corrected chi connectivity index (χ1v) is 8.01. The highest BCUT2D eigenvalue weighted by Gasteiger charge is 2.42. The lowest BCUT2D eigenvalue weighted by atomic mass is 9.94. The van der Waals surface area contributed by atoms with E-state index >= 15 is 0 Å². The zero-order valence-corrected chi connectivity index (χ0v) is 11.8. The number of rotatable bonds is 5. The van der Waals surface area contributed by atoms with Crippen LogP contribution in [0.4, 0.5) is 13.2 Å². The number of sulfonamides is 1. The van der Waals surface area contributed by atoms with Crippen LogP contribution in [-0.2, 0) is 14.8 Å². The Morgan fingerprint density at radius 1 is 1.30 bits per heavy atom. The van der Waals surface area contributed by atoms with Gasteiger partial charge in [-0.1, -0.05) is 0 Å². The number of nitrogens with one attached hydrogen (secondary N) is 3. The lowest BCUT2D eigenvalue weighted by Gasteiger charge is -2.30. The van der Waals surface area contributed by atoms with E-state index < -0.39 is 34.1 Å². The molecule has 118 valence electrons. The van der Waals surface area contributed by atoms with Crippen molar-refractivity contribution in [1.82, 2.24) is 15.4 Å². The molecular weight excluding hydrogens is 299 g/mol. The van der Waals surface area contributed by atoms with Gasteiger partial charge in [-0.05, 0) is 12.8 Å². The maximum Gasteiger partial charge on any atom is 0.393 e. The van der Waals surface area contributed by atoms with Crippen LogP contribution in [0.2, 0.25) is 0 Å². The number of hydrogen-bond acceptors (Lipinski definition) is 4. The number of amides is 1. The van der Waals surface area contributed by atoms with E-state index in [-0.39, 0.29) is 32.5 Å². The summed E-state index contributed by atoms with van der Waals surface area (Å²) >= 11 is 0. The number of halogens is 3. The number of hydrogen-bond donors (Lipinski definition) is 3. The van der Waals surface area contributed by atoms with E-state index in [9.17, 15) is 26.4 Å². The number of carbonyl (C=O) groups excluding carboxylic acids is 1. The predicted molar refractivity (Wildman–Crippen MR) is 66.4 cm³/mol. The number of alkyl halides is 3. The molecule has 10 heteroatoms. The highest BCUT2D eigenvalue weighted by Crippen LogP contribution is 2.31. The number of carbonyl (C=O) groups is 1. The third-order valence-corrected chi connectivity index (χ3v) is 3.71. The van der Waals surface area contributed by atoms with E-state index in [0.29, 0.717) is 0 Å². The van der Waals surface area contributed by atoms with Crippen LogP contribution in [0.3, 0.4) is 0 Å². The minimum absolute atomic E-state index is 0.0441. The van der Waals surface area contributed by atoms with Crippen molar-refractivity contribution >= 4 is 15.9 Å². The quantitative estimate of drug-likeness (QED) is 0.601. The van der Waals surface area contributed by atoms with Crippen molar-refractivity contribution in [3.05, 3.63) is 0 Å². The topological polar surface area (TPSA) is 87.3 Å². The van der Waals surface area contributed by atoms with Gasteiger partial charge in [0.05, 0.1) is 18.2 Å². The van der Waals surface area contributed by atoms with E-state index in [1.807, 2.05) is 0 Å². The molecule has 1 rings (SSSR count). The van der Waals surface area contributed by atoms with Gasteiger partial charge >= 0.3 is 6.18 Å². The molecule has 0 aromatic carbocycles. The molecule has 20 heavy (non-hydrogen) atoms. The molecule has 1 saturated heterocycles. The van der Waals surface area contributed by atoms with Gasteiger partial charge in [0.1, 0.15) is 0 Å². The van der Waals surface area contributed by atoms with E-state index in [1.165, 1.54) is 0 Å². The fourth-order valence-electron chi connectivity index (χ4n) is 1.91. The summed E-state index contributed by atoms with van der Waals surface area (Å²) in [6, 6.07) is -0.660. The molecule has 0 aliphatic carbocycles. The molecule has 0 radical (unpaired) electrons. The second-order valence-corrected chi connectivity index (χ2v) is 6.57. The summed E-state index contributed by atoms with van der Waals surface area (Å²) in [6.45, 7) is -0.140. The first kappa shape index (κ1) is 17.2. The van der Waals surface area contributed by atoms with Gasteiger partial charge < -0.3 is 10.6 Å². The molecule has 6 nitrogen and oxygen atoms in total. The fourth-order valence-corrected chi connectivity index (χ4v) is 2.38. The first-order chi connectivity index (χ1) is 9.09. The Morgan fingerprint density at radius 3 is 2.40 bits per heavy atom. The highest BCUT2D eigenvalue weighted by atomic mass is 32.2. The van der Waals surface area contributed by atoms with Crippen molar-refractivity contribution in [3.63, 3.8) is 0 Å². The normalized spacial score (nSPS) is 24.4. The Kier molecular flexibility index (Phi) is 5.78. The molecule has 1 amide bonds. The maximum atomic E-state index is 12.4. The lowest BCUT2D eigenvalue weighted by molar-refractivity contribution is -0.180. The maximum absolute atomic E-state index is 12.4. The smallest absolute Gasteiger partial charge is 0.353 e. The van der Waals surface area contributed by atoms with Gasteiger partial charge in [-0.15, -0.1) is 0 Å². The van der Waals surface area contributed by atoms with Crippen LogP contribution in [0.15, 0.2) is 0 Å². The first-order valence-electron chi connectivity index (χ1n) is 6.12. The SMILES string of the molecule is CS(=O)(=O)NCCNC(=O)C1CCC(C(F)(F)F)CN1. The zero-order valence-electron chi connectivity index (χ0n) is 11.0. The summed E-state index contributed by atoms with van der Waals surface area (Å²) in [5, 5.41) is 5.03. The fraction of sp³-hybridized carbons (Fsp3) is 0.900. The summed E-state index contributed by atoms with van der Waals surface area (Å²) in [5.74, 6) is -1.83. The largest absolute Gasteiger partial charge is 0.393 e. The zero-order chi connectivity index (χ0) is 15.4. The van der Waals surface area contributed by atoms with Crippen molar-refractivity contribution in [2.24, 2.45) is 5.92 Å². The summed E-state index contributed by atoms with van der Waals surface area (Å²) in [7, 11) is -3.31. The van der Waals surface area contributed by atoms with Crippen molar-refractivity contribution in [3.8, 4) is 0 Å². The molecule has 0 aromatic heterocycles. The van der Waals surface area contributed by atoms with Crippen LogP contribution in [0, 0.1) is 5.92 Å². The molecule has 0 saturated carbocycles. The lowest BCUT2D eigenvalue weighted by Crippen LogP contribution is -2.52. The van der Waals surface area contributed by atoms with Gasteiger partial charge in [-0.3, -0.25) is 4.79 Å². The molecule has 1 aliphatic rings. The average molecular weight is 317 g/mol. The Morgan fingerprint density at radius 2 is 1.95 bits per heavy atom. The monoisotopic (exact) mass is 317 g/mol. The molecule has 1 fully saturated rings. The molecular formula is C10H18F3N3O3S. The van der Waals surface area contributed by atoms with E-state index in [0.717, 1.165) is 6.26 Å². The predicted octanol–water partition coefficient (Wildman–Crippen LogP) is -0.418. The van der Waals surface area contributed by atoms with Crippen LogP contribution >= 0.6 is 0 Å². The summed E-state index contributed by atoms with van der Waals surface area (Å²) in [6.07, 6.45) is -3.23. The molecule has 2 unspecified atom stereocenters. The van der Waals surface area contributed by atoms with Crippen molar-refractivity contribution < 1.29 is 26.4 Å². The van der Waals surface area contributed by atoms with Gasteiger partial charge in [-0.2, -0.15) is 13.2 Å². The van der Waals surface area contributed by atoms with E-state index in [4.69, 9.17) is 0 Å². The van der Waals surface area contributed by atoms with Crippen LogP contribution in [0.1, 0.15) is 12.8 Å². The molecule has 1 heterocycles. The molecule has 0 aromatic rings. The molecule has 2 atom stereocenters. The Hall–Kier alpha value is -0.870. The molecule has 1 aliphatic heterocycles. The molecule has 3 N–H and O–H groups in total. The highest BCUT2D eigenvalue weighted by molar-refractivity contribution is 7.88. The molecule has 0 bridgehead atoms. The minimum Gasteiger partial charge on any atom is -0.353 e. The minimum atomic E-state index is -4.24. The Balaban J connectivity index is 2.26. The standard InChI is InChI=1S/C10H18F3N3O3S/c1-20(18,19)16-5-4-14-9(17)8-3-2-7(6-15-8)10(11,12)13/h7-8,15-16H,2-6H2,1H3,(H,14,17). The van der Waals surface area contributed by atoms with Gasteiger partial charge in [0, 0.05) is 19.6 Å². The van der Waals surface area contributed by atoms with Crippen LogP contribution in [0.5, 0.6) is 0 Å². The van der Waals surface area contributed by atoms with Gasteiger partial charge in [0.15, 0.2) is 0 Å². The second kappa shape index (κ2) is 6.72. The van der Waals surface area contributed by atoms with Gasteiger partial charge in [0.2, 0.25) is 15.9 Å². The van der Waals surface area contributed by atoms with Crippen molar-refractivity contribution in [1.29, 1.82) is 0 Å².